The van der Waals surface area contributed by atoms with Crippen molar-refractivity contribution in [3.8, 4) is 0 Å². The van der Waals surface area contributed by atoms with E-state index in [1.807, 2.05) is 24.0 Å². The summed E-state index contributed by atoms with van der Waals surface area (Å²) in [4.78, 5) is 12.3. The van der Waals surface area contributed by atoms with E-state index in [-0.39, 0.29) is 18.1 Å². The van der Waals surface area contributed by atoms with Crippen molar-refractivity contribution < 1.29 is 9.53 Å². The molecule has 2 aromatic heterocycles. The molecule has 1 amide bonds. The van der Waals surface area contributed by atoms with Gasteiger partial charge in [-0.15, -0.1) is 0 Å². The van der Waals surface area contributed by atoms with Crippen LogP contribution in [0.1, 0.15) is 35.5 Å². The molecule has 0 saturated carbocycles. The van der Waals surface area contributed by atoms with Gasteiger partial charge in [0.25, 0.3) is 5.91 Å². The third kappa shape index (κ3) is 2.69. The lowest BCUT2D eigenvalue weighted by atomic mass is 10.1. The van der Waals surface area contributed by atoms with Crippen molar-refractivity contribution in [3.05, 3.63) is 35.9 Å². The number of carbonyl (C=O) groups is 1. The van der Waals surface area contributed by atoms with Crippen LogP contribution in [-0.2, 0) is 18.3 Å². The predicted octanol–water partition coefficient (Wildman–Crippen LogP) is 0.896. The zero-order valence-corrected chi connectivity index (χ0v) is 12.2. The molecule has 1 fully saturated rings. The van der Waals surface area contributed by atoms with E-state index in [4.69, 9.17) is 4.74 Å². The minimum Gasteiger partial charge on any atom is -0.371 e. The topological polar surface area (TPSA) is 74.0 Å². The molecule has 1 N–H and O–H groups in total. The lowest BCUT2D eigenvalue weighted by molar-refractivity contribution is 0.0814. The van der Waals surface area contributed by atoms with Crippen molar-refractivity contribution in [3.63, 3.8) is 0 Å². The number of amides is 1. The fourth-order valence-corrected chi connectivity index (χ4v) is 2.60. The Hall–Kier alpha value is -2.15. The number of hydrogen-bond acceptors (Lipinski definition) is 4. The highest BCUT2D eigenvalue weighted by Gasteiger charge is 2.32. The summed E-state index contributed by atoms with van der Waals surface area (Å²) in [6.07, 6.45) is 6.05. The Morgan fingerprint density at radius 1 is 1.52 bits per heavy atom. The summed E-state index contributed by atoms with van der Waals surface area (Å²) >= 11 is 0. The summed E-state index contributed by atoms with van der Waals surface area (Å²) < 4.78 is 9.19. The van der Waals surface area contributed by atoms with Crippen molar-refractivity contribution >= 4 is 5.91 Å². The average Bonchev–Trinajstić information content (AvgIpc) is 3.17. The van der Waals surface area contributed by atoms with Crippen molar-refractivity contribution in [2.75, 3.05) is 6.61 Å². The minimum atomic E-state index is -0.137. The summed E-state index contributed by atoms with van der Waals surface area (Å²) in [7, 11) is 1.75. The van der Waals surface area contributed by atoms with Gasteiger partial charge in [-0.2, -0.15) is 10.2 Å². The fourth-order valence-electron chi connectivity index (χ4n) is 2.60. The van der Waals surface area contributed by atoms with Crippen LogP contribution in [0.2, 0.25) is 0 Å². The van der Waals surface area contributed by atoms with E-state index in [1.165, 1.54) is 0 Å². The van der Waals surface area contributed by atoms with Crippen LogP contribution in [-0.4, -0.2) is 38.1 Å². The maximum atomic E-state index is 12.3. The van der Waals surface area contributed by atoms with E-state index in [0.29, 0.717) is 12.3 Å². The molecule has 0 bridgehead atoms. The molecule has 1 saturated heterocycles. The van der Waals surface area contributed by atoms with E-state index in [0.717, 1.165) is 18.5 Å². The van der Waals surface area contributed by atoms with Crippen molar-refractivity contribution in [1.82, 2.24) is 24.9 Å². The summed E-state index contributed by atoms with van der Waals surface area (Å²) in [5, 5.41) is 11.3. The van der Waals surface area contributed by atoms with Crippen LogP contribution >= 0.6 is 0 Å². The summed E-state index contributed by atoms with van der Waals surface area (Å²) in [5.74, 6) is -0.126. The van der Waals surface area contributed by atoms with E-state index >= 15 is 0 Å². The monoisotopic (exact) mass is 289 g/mol. The highest BCUT2D eigenvalue weighted by atomic mass is 16.5. The van der Waals surface area contributed by atoms with Gasteiger partial charge in [-0.05, 0) is 19.4 Å². The molecule has 0 aliphatic carbocycles. The Kier molecular flexibility index (Phi) is 3.74. The molecule has 21 heavy (non-hydrogen) atoms. The molecule has 3 rings (SSSR count). The highest BCUT2D eigenvalue weighted by molar-refractivity contribution is 5.92. The van der Waals surface area contributed by atoms with E-state index in [9.17, 15) is 4.79 Å². The maximum absolute atomic E-state index is 12.3. The van der Waals surface area contributed by atoms with Gasteiger partial charge in [-0.1, -0.05) is 0 Å². The number of aromatic nitrogens is 4. The summed E-state index contributed by atoms with van der Waals surface area (Å²) in [6, 6.07) is 1.66. The third-order valence-corrected chi connectivity index (χ3v) is 3.77. The number of hydrogen-bond donors (Lipinski definition) is 1. The average molecular weight is 289 g/mol. The number of nitrogens with one attached hydrogen (secondary N) is 1. The second kappa shape index (κ2) is 5.69. The zero-order chi connectivity index (χ0) is 14.8. The van der Waals surface area contributed by atoms with Gasteiger partial charge >= 0.3 is 0 Å². The molecule has 7 heteroatoms. The first kappa shape index (κ1) is 13.8. The van der Waals surface area contributed by atoms with Crippen LogP contribution in [0, 0.1) is 0 Å². The lowest BCUT2D eigenvalue weighted by Crippen LogP contribution is -2.37. The molecule has 2 aromatic rings. The van der Waals surface area contributed by atoms with E-state index in [2.05, 4.69) is 15.5 Å². The molecule has 0 unspecified atom stereocenters. The molecule has 0 aromatic carbocycles. The maximum Gasteiger partial charge on any atom is 0.269 e. The van der Waals surface area contributed by atoms with Gasteiger partial charge in [-0.25, -0.2) is 0 Å². The van der Waals surface area contributed by atoms with Gasteiger partial charge in [0.2, 0.25) is 0 Å². The first-order valence-corrected chi connectivity index (χ1v) is 7.12. The normalized spacial score (nSPS) is 21.6. The van der Waals surface area contributed by atoms with Gasteiger partial charge in [0.05, 0.1) is 12.2 Å². The predicted molar refractivity (Wildman–Crippen MR) is 75.7 cm³/mol. The number of ether oxygens (including phenoxy) is 1. The fraction of sp³-hybridized carbons (Fsp3) is 0.500. The molecule has 0 spiro atoms. The molecule has 1 aliphatic heterocycles. The Morgan fingerprint density at radius 2 is 2.38 bits per heavy atom. The van der Waals surface area contributed by atoms with Gasteiger partial charge < -0.3 is 10.1 Å². The summed E-state index contributed by atoms with van der Waals surface area (Å²) in [6.45, 7) is 3.49. The first-order chi connectivity index (χ1) is 10.2. The third-order valence-electron chi connectivity index (χ3n) is 3.77. The number of aryl methyl sites for hydroxylation is 2. The first-order valence-electron chi connectivity index (χ1n) is 7.12. The van der Waals surface area contributed by atoms with E-state index in [1.54, 1.807) is 24.0 Å². The summed E-state index contributed by atoms with van der Waals surface area (Å²) in [5.41, 5.74) is 1.55. The van der Waals surface area contributed by atoms with Crippen molar-refractivity contribution in [2.45, 2.75) is 32.0 Å². The molecule has 7 nitrogen and oxygen atoms in total. The Bertz CT molecular complexity index is 633. The number of rotatable bonds is 4. The molecule has 0 radical (unpaired) electrons. The highest BCUT2D eigenvalue weighted by Crippen LogP contribution is 2.29. The Labute approximate surface area is 122 Å². The quantitative estimate of drug-likeness (QED) is 0.907. The van der Waals surface area contributed by atoms with Crippen LogP contribution < -0.4 is 5.32 Å². The second-order valence-electron chi connectivity index (χ2n) is 5.13. The van der Waals surface area contributed by atoms with Crippen LogP contribution in [0.5, 0.6) is 0 Å². The SMILES string of the molecule is CCn1cc([C@H]2OCC[C@@H]2NC(=O)c2ccnn2C)cn1. The smallest absolute Gasteiger partial charge is 0.269 e. The van der Waals surface area contributed by atoms with Gasteiger partial charge in [0, 0.05) is 38.2 Å². The van der Waals surface area contributed by atoms with Gasteiger partial charge in [0.1, 0.15) is 11.8 Å². The van der Waals surface area contributed by atoms with E-state index < -0.39 is 0 Å². The Morgan fingerprint density at radius 3 is 3.05 bits per heavy atom. The second-order valence-corrected chi connectivity index (χ2v) is 5.13. The Balaban J connectivity index is 1.72. The molecular weight excluding hydrogens is 270 g/mol. The van der Waals surface area contributed by atoms with Crippen LogP contribution in [0.4, 0.5) is 0 Å². The molecule has 1 aliphatic rings. The largest absolute Gasteiger partial charge is 0.371 e. The van der Waals surface area contributed by atoms with Gasteiger partial charge in [-0.3, -0.25) is 14.2 Å². The minimum absolute atomic E-state index is 0.0399. The lowest BCUT2D eigenvalue weighted by Gasteiger charge is -2.18. The zero-order valence-electron chi connectivity index (χ0n) is 12.2. The molecular formula is C14H19N5O2. The standard InChI is InChI=1S/C14H19N5O2/c1-3-19-9-10(8-16-19)13-11(5-7-21-13)17-14(20)12-4-6-15-18(12)2/h4,6,8-9,11,13H,3,5,7H2,1-2H3,(H,17,20)/t11-,13+/m0/s1. The number of carbonyl (C=O) groups excluding carboxylic acids is 1. The van der Waals surface area contributed by atoms with Crippen LogP contribution in [0.15, 0.2) is 24.7 Å². The van der Waals surface area contributed by atoms with Crippen molar-refractivity contribution in [2.24, 2.45) is 7.05 Å². The van der Waals surface area contributed by atoms with Crippen LogP contribution in [0.3, 0.4) is 0 Å². The number of nitrogens with zero attached hydrogens (tertiary/aromatic N) is 4. The molecule has 2 atom stereocenters. The van der Waals surface area contributed by atoms with Crippen LogP contribution in [0.25, 0.3) is 0 Å². The van der Waals surface area contributed by atoms with Gasteiger partial charge in [0.15, 0.2) is 0 Å². The van der Waals surface area contributed by atoms with Crippen molar-refractivity contribution in [1.29, 1.82) is 0 Å². The molecule has 3 heterocycles. The molecule has 112 valence electrons.